The van der Waals surface area contributed by atoms with Crippen molar-refractivity contribution in [1.29, 1.82) is 0 Å². The monoisotopic (exact) mass is 280 g/mol. The number of hydrogen-bond acceptors (Lipinski definition) is 6. The predicted molar refractivity (Wildman–Crippen MR) is 68.9 cm³/mol. The van der Waals surface area contributed by atoms with Crippen LogP contribution in [-0.4, -0.2) is 52.8 Å². The highest BCUT2D eigenvalue weighted by Crippen LogP contribution is 2.24. The summed E-state index contributed by atoms with van der Waals surface area (Å²) >= 11 is 1.36. The summed E-state index contributed by atoms with van der Waals surface area (Å²) in [6, 6.07) is 2.18. The molecule has 2 rings (SSSR count). The molecule has 0 aliphatic carbocycles. The van der Waals surface area contributed by atoms with Crippen LogP contribution < -0.4 is 0 Å². The van der Waals surface area contributed by atoms with E-state index in [1.165, 1.54) is 31.1 Å². The highest BCUT2D eigenvalue weighted by atomic mass is 32.2. The normalized spacial score (nSPS) is 15.4. The molecule has 2 heterocycles. The fourth-order valence-electron chi connectivity index (χ4n) is 1.91. The first-order valence-electron chi connectivity index (χ1n) is 5.51. The average molecular weight is 280 g/mol. The van der Waals surface area contributed by atoms with Gasteiger partial charge in [-0.05, 0) is 18.4 Å². The molecule has 0 aromatic carbocycles. The van der Waals surface area contributed by atoms with Gasteiger partial charge in [-0.1, -0.05) is 0 Å². The average Bonchev–Trinajstić information content (AvgIpc) is 2.68. The Kier molecular flexibility index (Phi) is 3.84. The number of hydrogen-bond donors (Lipinski definition) is 0. The summed E-state index contributed by atoms with van der Waals surface area (Å²) in [4.78, 5) is 40.9. The first kappa shape index (κ1) is 13.5. The van der Waals surface area contributed by atoms with Gasteiger partial charge in [0.15, 0.2) is 0 Å². The maximum atomic E-state index is 12.2. The molecule has 0 N–H and O–H groups in total. The van der Waals surface area contributed by atoms with Crippen LogP contribution in [0.5, 0.6) is 0 Å². The van der Waals surface area contributed by atoms with E-state index >= 15 is 0 Å². The minimum absolute atomic E-state index is 0.0857. The van der Waals surface area contributed by atoms with Gasteiger partial charge in [-0.25, -0.2) is 4.79 Å². The van der Waals surface area contributed by atoms with Crippen LogP contribution in [0.25, 0.3) is 0 Å². The number of imide groups is 1. The topological polar surface area (TPSA) is 76.6 Å². The molecule has 0 saturated carbocycles. The van der Waals surface area contributed by atoms with E-state index in [1.54, 1.807) is 12.3 Å². The van der Waals surface area contributed by atoms with Crippen molar-refractivity contribution >= 4 is 29.5 Å². The van der Waals surface area contributed by atoms with Crippen LogP contribution in [0.15, 0.2) is 18.3 Å². The Bertz CT molecular complexity index is 511. The maximum Gasteiger partial charge on any atom is 0.329 e. The Morgan fingerprint density at radius 2 is 2.21 bits per heavy atom. The number of nitrogens with zero attached hydrogens (tertiary/aromatic N) is 2. The minimum atomic E-state index is -0.922. The predicted octanol–water partition coefficient (Wildman–Crippen LogP) is 0.582. The molecule has 1 aliphatic heterocycles. The number of ether oxygens (including phenoxy) is 1. The van der Waals surface area contributed by atoms with E-state index in [9.17, 15) is 14.4 Å². The summed E-state index contributed by atoms with van der Waals surface area (Å²) in [5.41, 5.74) is 0.310. The highest BCUT2D eigenvalue weighted by molar-refractivity contribution is 7.98. The third kappa shape index (κ3) is 2.21. The number of rotatable bonds is 4. The Balaban J connectivity index is 2.39. The van der Waals surface area contributed by atoms with Crippen molar-refractivity contribution in [3.05, 3.63) is 29.6 Å². The Labute approximate surface area is 114 Å². The van der Waals surface area contributed by atoms with Crippen LogP contribution in [0.2, 0.25) is 0 Å². The molecular weight excluding hydrogens is 268 g/mol. The molecule has 0 fully saturated rings. The Morgan fingerprint density at radius 3 is 2.79 bits per heavy atom. The van der Waals surface area contributed by atoms with E-state index < -0.39 is 23.8 Å². The lowest BCUT2D eigenvalue weighted by atomic mass is 10.2. The summed E-state index contributed by atoms with van der Waals surface area (Å²) in [5, 5.41) is 0. The second-order valence-corrected chi connectivity index (χ2v) is 4.78. The number of esters is 1. The lowest BCUT2D eigenvalue weighted by Crippen LogP contribution is -2.47. The van der Waals surface area contributed by atoms with Gasteiger partial charge in [-0.15, -0.1) is 0 Å². The number of carbonyl (C=O) groups excluding carboxylic acids is 3. The molecule has 1 aromatic heterocycles. The van der Waals surface area contributed by atoms with E-state index in [4.69, 9.17) is 0 Å². The van der Waals surface area contributed by atoms with Gasteiger partial charge in [-0.3, -0.25) is 19.5 Å². The maximum absolute atomic E-state index is 12.2. The minimum Gasteiger partial charge on any atom is -0.467 e. The van der Waals surface area contributed by atoms with Crippen LogP contribution in [0.4, 0.5) is 0 Å². The zero-order valence-electron chi connectivity index (χ0n) is 10.5. The van der Waals surface area contributed by atoms with Gasteiger partial charge in [0, 0.05) is 11.9 Å². The molecule has 7 heteroatoms. The van der Waals surface area contributed by atoms with E-state index in [0.29, 0.717) is 0 Å². The summed E-state index contributed by atoms with van der Waals surface area (Å²) < 4.78 is 4.65. The molecule has 19 heavy (non-hydrogen) atoms. The van der Waals surface area contributed by atoms with Crippen molar-refractivity contribution in [2.45, 2.75) is 6.04 Å². The van der Waals surface area contributed by atoms with Crippen molar-refractivity contribution in [2.75, 3.05) is 19.1 Å². The molecular formula is C12H12N2O4S. The number of pyridine rings is 1. The third-order valence-electron chi connectivity index (χ3n) is 2.79. The number of carbonyl (C=O) groups is 3. The number of amides is 2. The molecule has 0 saturated heterocycles. The molecule has 0 unspecified atom stereocenters. The Hall–Kier alpha value is -1.89. The summed E-state index contributed by atoms with van der Waals surface area (Å²) in [6.07, 6.45) is 3.22. The van der Waals surface area contributed by atoms with Crippen LogP contribution in [0.1, 0.15) is 20.8 Å². The fraction of sp³-hybridized carbons (Fsp3) is 0.333. The zero-order valence-corrected chi connectivity index (χ0v) is 11.3. The van der Waals surface area contributed by atoms with Gasteiger partial charge in [0.05, 0.1) is 12.7 Å². The van der Waals surface area contributed by atoms with Crippen LogP contribution in [0, 0.1) is 0 Å². The van der Waals surface area contributed by atoms with Crippen LogP contribution in [0.3, 0.4) is 0 Å². The summed E-state index contributed by atoms with van der Waals surface area (Å²) in [6.45, 7) is 0. The smallest absolute Gasteiger partial charge is 0.329 e. The largest absolute Gasteiger partial charge is 0.467 e. The molecule has 6 nitrogen and oxygen atoms in total. The quantitative estimate of drug-likeness (QED) is 0.593. The first-order valence-corrected chi connectivity index (χ1v) is 6.90. The van der Waals surface area contributed by atoms with E-state index in [2.05, 4.69) is 9.72 Å². The molecule has 100 valence electrons. The lowest BCUT2D eigenvalue weighted by Gasteiger charge is -2.22. The molecule has 1 aliphatic rings. The van der Waals surface area contributed by atoms with Gasteiger partial charge in [0.2, 0.25) is 0 Å². The number of fused-ring (bicyclic) bond motifs is 1. The Morgan fingerprint density at radius 1 is 1.47 bits per heavy atom. The van der Waals surface area contributed by atoms with E-state index in [0.717, 1.165) is 4.90 Å². The van der Waals surface area contributed by atoms with Crippen molar-refractivity contribution in [1.82, 2.24) is 9.88 Å². The van der Waals surface area contributed by atoms with E-state index in [1.807, 2.05) is 0 Å². The van der Waals surface area contributed by atoms with Crippen molar-refractivity contribution < 1.29 is 19.1 Å². The van der Waals surface area contributed by atoms with Crippen molar-refractivity contribution in [3.63, 3.8) is 0 Å². The fourth-order valence-corrected chi connectivity index (χ4v) is 2.51. The number of methoxy groups -OCH3 is 1. The van der Waals surface area contributed by atoms with Gasteiger partial charge < -0.3 is 4.74 Å². The lowest BCUT2D eigenvalue weighted by molar-refractivity contribution is -0.144. The first-order chi connectivity index (χ1) is 9.11. The zero-order chi connectivity index (χ0) is 14.0. The molecule has 0 spiro atoms. The molecule has 1 aromatic rings. The van der Waals surface area contributed by atoms with Gasteiger partial charge in [0.1, 0.15) is 11.7 Å². The highest BCUT2D eigenvalue weighted by Gasteiger charge is 2.43. The SMILES string of the molecule is COC(=O)[C@H](CSC)N1C(=O)c2cccnc2C1=O. The second kappa shape index (κ2) is 5.40. The summed E-state index contributed by atoms with van der Waals surface area (Å²) in [5.74, 6) is -1.37. The third-order valence-corrected chi connectivity index (χ3v) is 3.44. The molecule has 1 atom stereocenters. The number of aromatic nitrogens is 1. The van der Waals surface area contributed by atoms with Gasteiger partial charge in [-0.2, -0.15) is 11.8 Å². The van der Waals surface area contributed by atoms with Gasteiger partial charge >= 0.3 is 5.97 Å². The van der Waals surface area contributed by atoms with Crippen molar-refractivity contribution in [2.24, 2.45) is 0 Å². The standard InChI is InChI=1S/C12H12N2O4S/c1-18-12(17)8(6-19-2)14-10(15)7-4-3-5-13-9(7)11(14)16/h3-5,8H,6H2,1-2H3/t8-/m0/s1. The van der Waals surface area contributed by atoms with Crippen LogP contribution in [-0.2, 0) is 9.53 Å². The number of thioether (sulfide) groups is 1. The van der Waals surface area contributed by atoms with Crippen molar-refractivity contribution in [3.8, 4) is 0 Å². The second-order valence-electron chi connectivity index (χ2n) is 3.87. The van der Waals surface area contributed by atoms with E-state index in [-0.39, 0.29) is 17.0 Å². The van der Waals surface area contributed by atoms with Crippen LogP contribution >= 0.6 is 11.8 Å². The molecule has 2 amide bonds. The molecule has 0 bridgehead atoms. The molecule has 0 radical (unpaired) electrons. The van der Waals surface area contributed by atoms with Gasteiger partial charge in [0.25, 0.3) is 11.8 Å². The summed E-state index contributed by atoms with van der Waals surface area (Å²) in [7, 11) is 1.23.